The fourth-order valence-electron chi connectivity index (χ4n) is 1.94. The highest BCUT2D eigenvalue weighted by atomic mass is 15.5. The van der Waals surface area contributed by atoms with Crippen LogP contribution >= 0.6 is 0 Å². The minimum absolute atomic E-state index is 0.602. The summed E-state index contributed by atoms with van der Waals surface area (Å²) in [5.41, 5.74) is 4.00. The van der Waals surface area contributed by atoms with Crippen molar-refractivity contribution in [2.75, 3.05) is 5.01 Å². The van der Waals surface area contributed by atoms with E-state index in [9.17, 15) is 0 Å². The Bertz CT molecular complexity index is 585. The lowest BCUT2D eigenvalue weighted by atomic mass is 10.2. The van der Waals surface area contributed by atoms with Gasteiger partial charge in [0.2, 0.25) is 0 Å². The summed E-state index contributed by atoms with van der Waals surface area (Å²) in [5.74, 6) is 0.602. The van der Waals surface area contributed by atoms with Gasteiger partial charge in [-0.3, -0.25) is 0 Å². The lowest BCUT2D eigenvalue weighted by Gasteiger charge is -2.19. The molecule has 0 saturated carbocycles. The molecule has 0 bridgehead atoms. The average molecular weight is 254 g/mol. The van der Waals surface area contributed by atoms with Gasteiger partial charge in [0, 0.05) is 17.6 Å². The Labute approximate surface area is 113 Å². The molecule has 0 saturated heterocycles. The number of nitrogens with zero attached hydrogens (tertiary/aromatic N) is 4. The van der Waals surface area contributed by atoms with Crippen molar-refractivity contribution in [3.8, 4) is 0 Å². The molecule has 0 radical (unpaired) electrons. The molecule has 0 atom stereocenters. The number of hydrazone groups is 1. The molecule has 1 heterocycles. The van der Waals surface area contributed by atoms with Crippen LogP contribution in [-0.4, -0.2) is 16.2 Å². The quantitative estimate of drug-likeness (QED) is 0.621. The van der Waals surface area contributed by atoms with Crippen LogP contribution in [0.5, 0.6) is 0 Å². The maximum atomic E-state index is 4.47. The van der Waals surface area contributed by atoms with Crippen molar-refractivity contribution in [3.05, 3.63) is 47.3 Å². The molecule has 2 aromatic rings. The monoisotopic (exact) mass is 254 g/mol. The Morgan fingerprint density at radius 2 is 1.68 bits per heavy atom. The standard InChI is InChI=1S/C15H18N4/c1-5-16-19(14-9-7-6-8-11(14)2)15-17-12(3)10-13(4)18-15/h5-10H,1-4H3/b16-5+. The second-order valence-corrected chi connectivity index (χ2v) is 4.42. The summed E-state index contributed by atoms with van der Waals surface area (Å²) in [4.78, 5) is 8.94. The summed E-state index contributed by atoms with van der Waals surface area (Å²) in [6.07, 6.45) is 1.74. The highest BCUT2D eigenvalue weighted by Gasteiger charge is 2.13. The molecule has 0 aliphatic carbocycles. The van der Waals surface area contributed by atoms with Gasteiger partial charge in [-0.05, 0) is 45.4 Å². The Balaban J connectivity index is 2.55. The number of hydrogen-bond donors (Lipinski definition) is 0. The van der Waals surface area contributed by atoms with Crippen LogP contribution in [0.2, 0.25) is 0 Å². The van der Waals surface area contributed by atoms with Gasteiger partial charge in [0.15, 0.2) is 0 Å². The molecular weight excluding hydrogens is 236 g/mol. The molecule has 19 heavy (non-hydrogen) atoms. The van der Waals surface area contributed by atoms with Crippen LogP contribution in [0, 0.1) is 20.8 Å². The third kappa shape index (κ3) is 2.96. The maximum Gasteiger partial charge on any atom is 0.251 e. The van der Waals surface area contributed by atoms with Gasteiger partial charge in [0.25, 0.3) is 5.95 Å². The molecular formula is C15H18N4. The first-order valence-corrected chi connectivity index (χ1v) is 6.28. The molecule has 1 aromatic carbocycles. The van der Waals surface area contributed by atoms with Crippen molar-refractivity contribution >= 4 is 17.9 Å². The number of anilines is 2. The summed E-state index contributed by atoms with van der Waals surface area (Å²) in [6, 6.07) is 10.0. The summed E-state index contributed by atoms with van der Waals surface area (Å²) < 4.78 is 0. The Kier molecular flexibility index (Phi) is 3.90. The summed E-state index contributed by atoms with van der Waals surface area (Å²) >= 11 is 0. The zero-order valence-corrected chi connectivity index (χ0v) is 11.8. The Morgan fingerprint density at radius 3 is 2.26 bits per heavy atom. The van der Waals surface area contributed by atoms with E-state index in [0.717, 1.165) is 22.6 Å². The van der Waals surface area contributed by atoms with Crippen molar-refractivity contribution in [1.82, 2.24) is 9.97 Å². The van der Waals surface area contributed by atoms with Crippen LogP contribution in [0.15, 0.2) is 35.4 Å². The SMILES string of the molecule is C/C=N/N(c1nc(C)cc(C)n1)c1ccccc1C. The second kappa shape index (κ2) is 5.61. The first-order valence-electron chi connectivity index (χ1n) is 6.28. The zero-order chi connectivity index (χ0) is 13.8. The maximum absolute atomic E-state index is 4.47. The van der Waals surface area contributed by atoms with Gasteiger partial charge < -0.3 is 0 Å². The Hall–Kier alpha value is -2.23. The molecule has 0 spiro atoms. The lowest BCUT2D eigenvalue weighted by Crippen LogP contribution is -2.14. The Morgan fingerprint density at radius 1 is 1.05 bits per heavy atom. The smallest absolute Gasteiger partial charge is 0.216 e. The summed E-state index contributed by atoms with van der Waals surface area (Å²) in [5, 5.41) is 6.16. The predicted octanol–water partition coefficient (Wildman–Crippen LogP) is 3.55. The number of aromatic nitrogens is 2. The lowest BCUT2D eigenvalue weighted by molar-refractivity contribution is 0.941. The molecule has 2 rings (SSSR count). The minimum atomic E-state index is 0.602. The summed E-state index contributed by atoms with van der Waals surface area (Å²) in [7, 11) is 0. The number of aryl methyl sites for hydroxylation is 3. The average Bonchev–Trinajstić information content (AvgIpc) is 2.36. The van der Waals surface area contributed by atoms with E-state index in [1.54, 1.807) is 11.2 Å². The molecule has 4 heteroatoms. The van der Waals surface area contributed by atoms with Crippen LogP contribution in [-0.2, 0) is 0 Å². The highest BCUT2D eigenvalue weighted by molar-refractivity contribution is 5.65. The predicted molar refractivity (Wildman–Crippen MR) is 79.0 cm³/mol. The van der Waals surface area contributed by atoms with E-state index in [2.05, 4.69) is 28.1 Å². The van der Waals surface area contributed by atoms with Crippen LogP contribution in [0.3, 0.4) is 0 Å². The van der Waals surface area contributed by atoms with Gasteiger partial charge >= 0.3 is 0 Å². The van der Waals surface area contributed by atoms with E-state index >= 15 is 0 Å². The number of benzene rings is 1. The van der Waals surface area contributed by atoms with Gasteiger partial charge in [-0.1, -0.05) is 18.2 Å². The van der Waals surface area contributed by atoms with Crippen LogP contribution < -0.4 is 5.01 Å². The van der Waals surface area contributed by atoms with E-state index in [1.807, 2.05) is 45.0 Å². The molecule has 1 aromatic heterocycles. The van der Waals surface area contributed by atoms with E-state index in [4.69, 9.17) is 0 Å². The van der Waals surface area contributed by atoms with Crippen molar-refractivity contribution in [1.29, 1.82) is 0 Å². The zero-order valence-electron chi connectivity index (χ0n) is 11.8. The van der Waals surface area contributed by atoms with Gasteiger partial charge in [0.05, 0.1) is 5.69 Å². The first-order chi connectivity index (χ1) is 9.11. The van der Waals surface area contributed by atoms with Crippen molar-refractivity contribution in [3.63, 3.8) is 0 Å². The molecule has 0 aliphatic rings. The van der Waals surface area contributed by atoms with E-state index in [-0.39, 0.29) is 0 Å². The molecule has 0 amide bonds. The number of rotatable bonds is 3. The van der Waals surface area contributed by atoms with E-state index in [1.165, 1.54) is 0 Å². The van der Waals surface area contributed by atoms with Gasteiger partial charge in [-0.15, -0.1) is 0 Å². The van der Waals surface area contributed by atoms with Crippen LogP contribution in [0.4, 0.5) is 11.6 Å². The van der Waals surface area contributed by atoms with Crippen LogP contribution in [0.25, 0.3) is 0 Å². The first kappa shape index (κ1) is 13.2. The molecule has 0 unspecified atom stereocenters. The molecule has 98 valence electrons. The number of hydrogen-bond acceptors (Lipinski definition) is 4. The van der Waals surface area contributed by atoms with Gasteiger partial charge in [0.1, 0.15) is 0 Å². The largest absolute Gasteiger partial charge is 0.251 e. The fraction of sp³-hybridized carbons (Fsp3) is 0.267. The summed E-state index contributed by atoms with van der Waals surface area (Å²) in [6.45, 7) is 7.86. The van der Waals surface area contributed by atoms with Gasteiger partial charge in [-0.2, -0.15) is 10.1 Å². The van der Waals surface area contributed by atoms with Gasteiger partial charge in [-0.25, -0.2) is 9.97 Å². The topological polar surface area (TPSA) is 41.4 Å². The second-order valence-electron chi connectivity index (χ2n) is 4.42. The highest BCUT2D eigenvalue weighted by Crippen LogP contribution is 2.26. The van der Waals surface area contributed by atoms with Crippen molar-refractivity contribution in [2.24, 2.45) is 5.10 Å². The van der Waals surface area contributed by atoms with E-state index in [0.29, 0.717) is 5.95 Å². The third-order valence-corrected chi connectivity index (χ3v) is 2.73. The normalized spacial score (nSPS) is 10.9. The fourth-order valence-corrected chi connectivity index (χ4v) is 1.94. The van der Waals surface area contributed by atoms with E-state index < -0.39 is 0 Å². The molecule has 4 nitrogen and oxygen atoms in total. The van der Waals surface area contributed by atoms with Crippen LogP contribution in [0.1, 0.15) is 23.9 Å². The molecule has 0 aliphatic heterocycles. The minimum Gasteiger partial charge on any atom is -0.216 e. The number of para-hydroxylation sites is 1. The molecule has 0 N–H and O–H groups in total. The third-order valence-electron chi connectivity index (χ3n) is 2.73. The molecule has 0 fully saturated rings. The van der Waals surface area contributed by atoms with Crippen molar-refractivity contribution in [2.45, 2.75) is 27.7 Å². The van der Waals surface area contributed by atoms with Crippen molar-refractivity contribution < 1.29 is 0 Å².